The van der Waals surface area contributed by atoms with Crippen LogP contribution in [-0.4, -0.2) is 27.0 Å². The molecule has 2 heterocycles. The Morgan fingerprint density at radius 2 is 1.55 bits per heavy atom. The number of hydrogen-bond acceptors (Lipinski definition) is 3. The van der Waals surface area contributed by atoms with E-state index in [0.29, 0.717) is 40.7 Å². The lowest BCUT2D eigenvalue weighted by molar-refractivity contribution is -0.376. The smallest absolute Gasteiger partial charge is 0.430 e. The summed E-state index contributed by atoms with van der Waals surface area (Å²) in [6, 6.07) is 13.1. The number of hydrogen-bond donors (Lipinski definition) is 1. The van der Waals surface area contributed by atoms with Gasteiger partial charge in [0.15, 0.2) is 0 Å². The third-order valence-electron chi connectivity index (χ3n) is 5.57. The molecule has 0 saturated heterocycles. The van der Waals surface area contributed by atoms with Crippen LogP contribution in [0.25, 0.3) is 22.4 Å². The van der Waals surface area contributed by atoms with Crippen molar-refractivity contribution in [3.8, 4) is 11.5 Å². The molecule has 174 valence electrons. The number of oxazole rings is 1. The Kier molecular flexibility index (Phi) is 5.31. The molecule has 0 unspecified atom stereocenters. The van der Waals surface area contributed by atoms with Gasteiger partial charge in [0.1, 0.15) is 11.5 Å². The normalized spacial score (nSPS) is 13.1. The topological polar surface area (TPSA) is 51.2 Å². The minimum atomic E-state index is -5.94. The molecule has 0 aliphatic heterocycles. The highest BCUT2D eigenvalue weighted by Crippen LogP contribution is 2.50. The van der Waals surface area contributed by atoms with Gasteiger partial charge in [-0.15, -0.1) is 0 Å². The van der Waals surface area contributed by atoms with E-state index in [2.05, 4.69) is 4.98 Å². The number of halogens is 6. The predicted molar refractivity (Wildman–Crippen MR) is 108 cm³/mol. The molecular weight excluding hydrogens is 450 g/mol. The number of aromatic nitrogens is 2. The Bertz CT molecular complexity index is 1290. The van der Waals surface area contributed by atoms with Gasteiger partial charge in [-0.3, -0.25) is 0 Å². The van der Waals surface area contributed by atoms with Crippen LogP contribution >= 0.6 is 0 Å². The van der Waals surface area contributed by atoms with Gasteiger partial charge in [-0.25, -0.2) is 4.98 Å². The number of alkyl halides is 6. The second-order valence-corrected chi connectivity index (χ2v) is 7.74. The highest BCUT2D eigenvalue weighted by Gasteiger charge is 2.71. The first-order valence-corrected chi connectivity index (χ1v) is 9.81. The van der Waals surface area contributed by atoms with Crippen LogP contribution in [0.3, 0.4) is 0 Å². The Morgan fingerprint density at radius 3 is 2.15 bits per heavy atom. The highest BCUT2D eigenvalue weighted by molar-refractivity contribution is 5.82. The molecule has 33 heavy (non-hydrogen) atoms. The van der Waals surface area contributed by atoms with Gasteiger partial charge in [-0.05, 0) is 44.2 Å². The third kappa shape index (κ3) is 3.78. The molecule has 1 N–H and O–H groups in total. The Labute approximate surface area is 184 Å². The number of nitrogens with zero attached hydrogens (tertiary/aromatic N) is 2. The van der Waals surface area contributed by atoms with Gasteiger partial charge in [0.25, 0.3) is 5.60 Å². The summed E-state index contributed by atoms with van der Waals surface area (Å²) < 4.78 is 86.9. The minimum Gasteiger partial charge on any atom is -0.441 e. The average Bonchev–Trinajstić information content (AvgIpc) is 3.25. The highest BCUT2D eigenvalue weighted by atomic mass is 19.4. The van der Waals surface area contributed by atoms with Gasteiger partial charge in [-0.1, -0.05) is 24.3 Å². The lowest BCUT2D eigenvalue weighted by Crippen LogP contribution is -2.53. The molecule has 2 aromatic carbocycles. The van der Waals surface area contributed by atoms with Crippen molar-refractivity contribution >= 4 is 10.9 Å². The first-order valence-electron chi connectivity index (χ1n) is 9.81. The van der Waals surface area contributed by atoms with E-state index in [-0.39, 0.29) is 11.9 Å². The molecule has 4 rings (SSSR count). The zero-order valence-electron chi connectivity index (χ0n) is 17.4. The molecule has 0 aliphatic rings. The first kappa shape index (κ1) is 22.9. The molecule has 0 amide bonds. The van der Waals surface area contributed by atoms with Crippen molar-refractivity contribution in [1.29, 1.82) is 0 Å². The van der Waals surface area contributed by atoms with Crippen molar-refractivity contribution in [2.75, 3.05) is 0 Å². The summed E-state index contributed by atoms with van der Waals surface area (Å²) in [5.74, 6) is 0.940. The lowest BCUT2D eigenvalue weighted by Gasteiger charge is -2.32. The van der Waals surface area contributed by atoms with Gasteiger partial charge in [-0.2, -0.15) is 26.3 Å². The van der Waals surface area contributed by atoms with Crippen LogP contribution in [0.15, 0.2) is 59.0 Å². The fraction of sp³-hybridized carbons (Fsp3) is 0.261. The molecule has 0 fully saturated rings. The summed E-state index contributed by atoms with van der Waals surface area (Å²) in [6.07, 6.45) is -11.9. The van der Waals surface area contributed by atoms with Crippen molar-refractivity contribution in [2.24, 2.45) is 0 Å². The van der Waals surface area contributed by atoms with Crippen LogP contribution in [-0.2, 0) is 12.1 Å². The third-order valence-corrected chi connectivity index (χ3v) is 5.57. The second kappa shape index (κ2) is 7.65. The predicted octanol–water partition coefficient (Wildman–Crippen LogP) is 6.27. The Hall–Kier alpha value is -3.27. The Balaban J connectivity index is 1.75. The zero-order valence-corrected chi connectivity index (χ0v) is 17.4. The van der Waals surface area contributed by atoms with Crippen LogP contribution < -0.4 is 0 Å². The molecule has 0 spiro atoms. The average molecular weight is 468 g/mol. The molecule has 0 radical (unpaired) electrons. The van der Waals surface area contributed by atoms with Gasteiger partial charge < -0.3 is 14.1 Å². The van der Waals surface area contributed by atoms with E-state index in [1.807, 2.05) is 30.3 Å². The van der Waals surface area contributed by atoms with Crippen LogP contribution in [0.2, 0.25) is 0 Å². The van der Waals surface area contributed by atoms with Crippen molar-refractivity contribution in [3.05, 3.63) is 77.3 Å². The molecule has 0 atom stereocenters. The van der Waals surface area contributed by atoms with Crippen LogP contribution in [0.1, 0.15) is 22.7 Å². The van der Waals surface area contributed by atoms with Gasteiger partial charge in [0.2, 0.25) is 5.89 Å². The maximum absolute atomic E-state index is 13.3. The van der Waals surface area contributed by atoms with Crippen LogP contribution in [0.5, 0.6) is 0 Å². The first-order chi connectivity index (χ1) is 15.3. The molecule has 0 aliphatic carbocycles. The van der Waals surface area contributed by atoms with Crippen molar-refractivity contribution < 1.29 is 35.9 Å². The monoisotopic (exact) mass is 468 g/mol. The molecular formula is C23H18F6N2O2. The summed E-state index contributed by atoms with van der Waals surface area (Å²) in [7, 11) is 0. The van der Waals surface area contributed by atoms with E-state index >= 15 is 0 Å². The number of benzene rings is 2. The minimum absolute atomic E-state index is 0.126. The maximum Gasteiger partial charge on any atom is 0.430 e. The van der Waals surface area contributed by atoms with E-state index in [0.717, 1.165) is 11.6 Å². The van der Waals surface area contributed by atoms with Crippen molar-refractivity contribution in [1.82, 2.24) is 9.55 Å². The van der Waals surface area contributed by atoms with Crippen LogP contribution in [0.4, 0.5) is 26.3 Å². The second-order valence-electron chi connectivity index (χ2n) is 7.74. The van der Waals surface area contributed by atoms with Gasteiger partial charge >= 0.3 is 12.4 Å². The van der Waals surface area contributed by atoms with E-state index in [9.17, 15) is 31.4 Å². The quantitative estimate of drug-likeness (QED) is 0.359. The van der Waals surface area contributed by atoms with Gasteiger partial charge in [0, 0.05) is 27.7 Å². The van der Waals surface area contributed by atoms with E-state index in [4.69, 9.17) is 4.42 Å². The van der Waals surface area contributed by atoms with E-state index < -0.39 is 23.5 Å². The number of aliphatic hydroxyl groups is 1. The molecule has 4 aromatic rings. The van der Waals surface area contributed by atoms with E-state index in [1.54, 1.807) is 18.4 Å². The number of rotatable bonds is 4. The molecule has 4 nitrogen and oxygen atoms in total. The largest absolute Gasteiger partial charge is 0.441 e. The summed E-state index contributed by atoms with van der Waals surface area (Å²) >= 11 is 0. The van der Waals surface area contributed by atoms with E-state index in [1.165, 1.54) is 6.07 Å². The van der Waals surface area contributed by atoms with Gasteiger partial charge in [0.05, 0.1) is 6.54 Å². The number of fused-ring (bicyclic) bond motifs is 1. The fourth-order valence-electron chi connectivity index (χ4n) is 3.76. The fourth-order valence-corrected chi connectivity index (χ4v) is 3.76. The molecule has 10 heteroatoms. The summed E-state index contributed by atoms with van der Waals surface area (Å²) in [4.78, 5) is 4.50. The zero-order chi connectivity index (χ0) is 24.2. The molecule has 2 aromatic heterocycles. The van der Waals surface area contributed by atoms with Crippen molar-refractivity contribution in [2.45, 2.75) is 38.3 Å². The van der Waals surface area contributed by atoms with Crippen LogP contribution in [0, 0.1) is 13.8 Å². The summed E-state index contributed by atoms with van der Waals surface area (Å²) in [6.45, 7) is 3.59. The standard InChI is InChI=1S/C23H18F6N2O2/c1-13-10-16-11-17(21(32,22(24,25)26)23(27,28)29)8-9-19(16)31(13)12-18-14(2)33-20(30-18)15-6-4-3-5-7-15/h3-11,32H,12H2,1-2H3. The summed E-state index contributed by atoms with van der Waals surface area (Å²) in [5, 5.41) is 9.82. The lowest BCUT2D eigenvalue weighted by atomic mass is 9.91. The summed E-state index contributed by atoms with van der Waals surface area (Å²) in [5.41, 5.74) is -3.95. The molecule has 0 bridgehead atoms. The van der Waals surface area contributed by atoms with Crippen molar-refractivity contribution in [3.63, 3.8) is 0 Å². The number of aryl methyl sites for hydroxylation is 2. The Morgan fingerprint density at radius 1 is 0.909 bits per heavy atom. The molecule has 0 saturated carbocycles. The SMILES string of the molecule is Cc1oc(-c2ccccc2)nc1Cn1c(C)cc2cc(C(O)(C(F)(F)F)C(F)(F)F)ccc21. The maximum atomic E-state index is 13.3.